The van der Waals surface area contributed by atoms with Crippen LogP contribution in [0.3, 0.4) is 0 Å². The summed E-state index contributed by atoms with van der Waals surface area (Å²) in [6.45, 7) is 2.63. The summed E-state index contributed by atoms with van der Waals surface area (Å²) in [7, 11) is 0. The van der Waals surface area contributed by atoms with Crippen LogP contribution in [0.5, 0.6) is 0 Å². The third kappa shape index (κ3) is 3.33. The quantitative estimate of drug-likeness (QED) is 0.910. The average molecular weight is 281 g/mol. The van der Waals surface area contributed by atoms with Crippen LogP contribution >= 0.6 is 0 Å². The van der Waals surface area contributed by atoms with Gasteiger partial charge in [-0.05, 0) is 30.7 Å². The molecule has 1 aromatic rings. The standard InChI is InChI=1S/C14H16FNO4/c1-9-6-10(15)2-3-12(9)14(19)16-4-5-20-11(8-16)7-13(17)18/h2-3,6,11H,4-5,7-8H2,1H3,(H,17,18). The fourth-order valence-corrected chi connectivity index (χ4v) is 2.26. The predicted octanol–water partition coefficient (Wildman–Crippen LogP) is 1.45. The van der Waals surface area contributed by atoms with Crippen molar-refractivity contribution in [2.75, 3.05) is 19.7 Å². The number of hydrogen-bond donors (Lipinski definition) is 1. The molecule has 5 nitrogen and oxygen atoms in total. The molecule has 1 N–H and O–H groups in total. The maximum absolute atomic E-state index is 13.0. The van der Waals surface area contributed by atoms with Crippen LogP contribution in [0.2, 0.25) is 0 Å². The van der Waals surface area contributed by atoms with Crippen molar-refractivity contribution in [3.05, 3.63) is 35.1 Å². The van der Waals surface area contributed by atoms with Crippen LogP contribution in [0.25, 0.3) is 0 Å². The Kier molecular flexibility index (Phi) is 4.34. The highest BCUT2D eigenvalue weighted by molar-refractivity contribution is 5.95. The maximum atomic E-state index is 13.0. The topological polar surface area (TPSA) is 66.8 Å². The lowest BCUT2D eigenvalue weighted by Crippen LogP contribution is -2.46. The number of morpholine rings is 1. The van der Waals surface area contributed by atoms with E-state index in [4.69, 9.17) is 9.84 Å². The van der Waals surface area contributed by atoms with Crippen molar-refractivity contribution < 1.29 is 23.8 Å². The summed E-state index contributed by atoms with van der Waals surface area (Å²) in [6, 6.07) is 4.01. The number of carbonyl (C=O) groups is 2. The van der Waals surface area contributed by atoms with Crippen LogP contribution in [0.4, 0.5) is 4.39 Å². The molecule has 2 rings (SSSR count). The summed E-state index contributed by atoms with van der Waals surface area (Å²) in [6.07, 6.45) is -0.627. The molecule has 1 fully saturated rings. The summed E-state index contributed by atoms with van der Waals surface area (Å²) in [5, 5.41) is 8.76. The first-order chi connectivity index (χ1) is 9.47. The zero-order valence-electron chi connectivity index (χ0n) is 11.1. The van der Waals surface area contributed by atoms with Crippen LogP contribution in [0, 0.1) is 12.7 Å². The molecule has 0 aromatic heterocycles. The van der Waals surface area contributed by atoms with E-state index in [0.29, 0.717) is 24.3 Å². The van der Waals surface area contributed by atoms with Crippen molar-refractivity contribution in [1.82, 2.24) is 4.90 Å². The molecule has 0 aliphatic carbocycles. The number of aryl methyl sites for hydroxylation is 1. The van der Waals surface area contributed by atoms with E-state index in [9.17, 15) is 14.0 Å². The molecule has 1 unspecified atom stereocenters. The number of halogens is 1. The smallest absolute Gasteiger partial charge is 0.306 e. The van der Waals surface area contributed by atoms with E-state index in [2.05, 4.69) is 0 Å². The van der Waals surface area contributed by atoms with E-state index in [0.717, 1.165) is 0 Å². The van der Waals surface area contributed by atoms with E-state index < -0.39 is 12.1 Å². The van der Waals surface area contributed by atoms with Gasteiger partial charge < -0.3 is 14.7 Å². The minimum Gasteiger partial charge on any atom is -0.481 e. The van der Waals surface area contributed by atoms with E-state index in [1.54, 1.807) is 11.8 Å². The number of amides is 1. The van der Waals surface area contributed by atoms with Crippen molar-refractivity contribution in [2.45, 2.75) is 19.4 Å². The molecule has 0 bridgehead atoms. The van der Waals surface area contributed by atoms with Crippen LogP contribution in [0.1, 0.15) is 22.3 Å². The lowest BCUT2D eigenvalue weighted by Gasteiger charge is -2.32. The largest absolute Gasteiger partial charge is 0.481 e. The molecule has 1 amide bonds. The van der Waals surface area contributed by atoms with Gasteiger partial charge in [-0.15, -0.1) is 0 Å². The van der Waals surface area contributed by atoms with Gasteiger partial charge in [0.15, 0.2) is 0 Å². The number of ether oxygens (including phenoxy) is 1. The Bertz CT molecular complexity index is 532. The van der Waals surface area contributed by atoms with Crippen molar-refractivity contribution in [1.29, 1.82) is 0 Å². The van der Waals surface area contributed by atoms with Crippen LogP contribution < -0.4 is 0 Å². The molecular formula is C14H16FNO4. The molecule has 1 atom stereocenters. The molecule has 1 aliphatic heterocycles. The minimum atomic E-state index is -0.956. The monoisotopic (exact) mass is 281 g/mol. The fraction of sp³-hybridized carbons (Fsp3) is 0.429. The number of nitrogens with zero attached hydrogens (tertiary/aromatic N) is 1. The SMILES string of the molecule is Cc1cc(F)ccc1C(=O)N1CCOC(CC(=O)O)C1. The van der Waals surface area contributed by atoms with Crippen LogP contribution in [0.15, 0.2) is 18.2 Å². The van der Waals surface area contributed by atoms with Gasteiger partial charge in [0.2, 0.25) is 0 Å². The summed E-state index contributed by atoms with van der Waals surface area (Å²) in [4.78, 5) is 24.6. The number of carboxylic acids is 1. The molecular weight excluding hydrogens is 265 g/mol. The summed E-state index contributed by atoms with van der Waals surface area (Å²) in [5.74, 6) is -1.56. The molecule has 20 heavy (non-hydrogen) atoms. The minimum absolute atomic E-state index is 0.133. The zero-order valence-corrected chi connectivity index (χ0v) is 11.1. The molecule has 1 saturated heterocycles. The van der Waals surface area contributed by atoms with E-state index in [-0.39, 0.29) is 24.7 Å². The van der Waals surface area contributed by atoms with Gasteiger partial charge in [0.1, 0.15) is 5.82 Å². The molecule has 0 radical (unpaired) electrons. The van der Waals surface area contributed by atoms with Crippen molar-refractivity contribution in [2.24, 2.45) is 0 Å². The Morgan fingerprint density at radius 2 is 2.25 bits per heavy atom. The van der Waals surface area contributed by atoms with Gasteiger partial charge in [-0.25, -0.2) is 4.39 Å². The van der Waals surface area contributed by atoms with E-state index in [1.165, 1.54) is 18.2 Å². The lowest BCUT2D eigenvalue weighted by atomic mass is 10.1. The molecule has 1 heterocycles. The molecule has 6 heteroatoms. The number of aliphatic carboxylic acids is 1. The average Bonchev–Trinajstić information content (AvgIpc) is 2.37. The fourth-order valence-electron chi connectivity index (χ4n) is 2.26. The molecule has 0 saturated carbocycles. The van der Waals surface area contributed by atoms with Crippen LogP contribution in [-0.2, 0) is 9.53 Å². The summed E-state index contributed by atoms with van der Waals surface area (Å²) >= 11 is 0. The second-order valence-corrected chi connectivity index (χ2v) is 4.80. The second-order valence-electron chi connectivity index (χ2n) is 4.80. The first-order valence-corrected chi connectivity index (χ1v) is 6.36. The normalized spacial score (nSPS) is 18.9. The summed E-state index contributed by atoms with van der Waals surface area (Å²) in [5.41, 5.74) is 0.999. The Balaban J connectivity index is 2.10. The highest BCUT2D eigenvalue weighted by Crippen LogP contribution is 2.16. The Hall–Kier alpha value is -1.95. The number of carbonyl (C=O) groups excluding carboxylic acids is 1. The maximum Gasteiger partial charge on any atom is 0.306 e. The Morgan fingerprint density at radius 1 is 1.50 bits per heavy atom. The van der Waals surface area contributed by atoms with Gasteiger partial charge in [-0.1, -0.05) is 0 Å². The molecule has 1 aliphatic rings. The highest BCUT2D eigenvalue weighted by Gasteiger charge is 2.27. The Labute approximate surface area is 116 Å². The van der Waals surface area contributed by atoms with Crippen molar-refractivity contribution >= 4 is 11.9 Å². The number of rotatable bonds is 3. The van der Waals surface area contributed by atoms with Gasteiger partial charge in [-0.3, -0.25) is 9.59 Å². The molecule has 0 spiro atoms. The highest BCUT2D eigenvalue weighted by atomic mass is 19.1. The zero-order chi connectivity index (χ0) is 14.7. The first kappa shape index (κ1) is 14.5. The summed E-state index contributed by atoms with van der Waals surface area (Å²) < 4.78 is 18.4. The van der Waals surface area contributed by atoms with Gasteiger partial charge >= 0.3 is 5.97 Å². The van der Waals surface area contributed by atoms with Gasteiger partial charge in [0, 0.05) is 18.7 Å². The Morgan fingerprint density at radius 3 is 2.90 bits per heavy atom. The molecule has 108 valence electrons. The number of benzene rings is 1. The molecule has 1 aromatic carbocycles. The van der Waals surface area contributed by atoms with Crippen molar-refractivity contribution in [3.8, 4) is 0 Å². The number of hydrogen-bond acceptors (Lipinski definition) is 3. The van der Waals surface area contributed by atoms with E-state index in [1.807, 2.05) is 0 Å². The second kappa shape index (κ2) is 6.00. The van der Waals surface area contributed by atoms with Gasteiger partial charge in [0.25, 0.3) is 5.91 Å². The number of carboxylic acid groups (broad SMARTS) is 1. The predicted molar refractivity (Wildman–Crippen MR) is 69.0 cm³/mol. The van der Waals surface area contributed by atoms with Crippen molar-refractivity contribution in [3.63, 3.8) is 0 Å². The van der Waals surface area contributed by atoms with Gasteiger partial charge in [-0.2, -0.15) is 0 Å². The first-order valence-electron chi connectivity index (χ1n) is 6.36. The third-order valence-electron chi connectivity index (χ3n) is 3.25. The van der Waals surface area contributed by atoms with Gasteiger partial charge in [0.05, 0.1) is 19.1 Å². The van der Waals surface area contributed by atoms with E-state index >= 15 is 0 Å². The lowest BCUT2D eigenvalue weighted by molar-refractivity contribution is -0.141. The third-order valence-corrected chi connectivity index (χ3v) is 3.25. The van der Waals surface area contributed by atoms with Crippen LogP contribution in [-0.4, -0.2) is 47.7 Å².